The van der Waals surface area contributed by atoms with Crippen LogP contribution in [-0.4, -0.2) is 37.6 Å². The molecule has 1 saturated heterocycles. The molecule has 2 N–H and O–H groups in total. The summed E-state index contributed by atoms with van der Waals surface area (Å²) in [6, 6.07) is 11.6. The van der Waals surface area contributed by atoms with Gasteiger partial charge in [-0.2, -0.15) is 0 Å². The van der Waals surface area contributed by atoms with Crippen LogP contribution in [0.25, 0.3) is 0 Å². The second kappa shape index (κ2) is 9.55. The van der Waals surface area contributed by atoms with Gasteiger partial charge in [0, 0.05) is 12.1 Å². The van der Waals surface area contributed by atoms with E-state index in [9.17, 15) is 9.18 Å². The lowest BCUT2D eigenvalue weighted by atomic mass is 9.94. The zero-order valence-electron chi connectivity index (χ0n) is 16.2. The molecule has 1 amide bonds. The highest BCUT2D eigenvalue weighted by Gasteiger charge is 2.29. The highest BCUT2D eigenvalue weighted by molar-refractivity contribution is 5.95. The van der Waals surface area contributed by atoms with Crippen molar-refractivity contribution >= 4 is 5.91 Å². The van der Waals surface area contributed by atoms with Gasteiger partial charge in [-0.1, -0.05) is 12.1 Å². The second-order valence-electron chi connectivity index (χ2n) is 6.92. The topological polar surface area (TPSA) is 64.8 Å². The van der Waals surface area contributed by atoms with E-state index >= 15 is 0 Å². The number of halogens is 1. The summed E-state index contributed by atoms with van der Waals surface area (Å²) in [7, 11) is 1.57. The molecule has 28 heavy (non-hydrogen) atoms. The Kier molecular flexibility index (Phi) is 6.87. The van der Waals surface area contributed by atoms with Crippen LogP contribution in [-0.2, 0) is 0 Å². The second-order valence-corrected chi connectivity index (χ2v) is 6.92. The minimum absolute atomic E-state index is 0.0831. The van der Waals surface area contributed by atoms with E-state index in [0.717, 1.165) is 31.2 Å². The third-order valence-corrected chi connectivity index (χ3v) is 5.01. The molecule has 2 aromatic carbocycles. The summed E-state index contributed by atoms with van der Waals surface area (Å²) in [6.45, 7) is 1.64. The minimum Gasteiger partial charge on any atom is -0.493 e. The number of piperidine rings is 1. The van der Waals surface area contributed by atoms with Crippen molar-refractivity contribution in [3.05, 3.63) is 59.4 Å². The minimum atomic E-state index is -0.282. The fourth-order valence-corrected chi connectivity index (χ4v) is 3.59. The molecular formula is C22H27FN2O3. The predicted octanol–water partition coefficient (Wildman–Crippen LogP) is 3.93. The molecule has 3 rings (SSSR count). The van der Waals surface area contributed by atoms with Crippen molar-refractivity contribution in [1.29, 1.82) is 0 Å². The lowest BCUT2D eigenvalue weighted by Crippen LogP contribution is -2.38. The SMILES string of the molecule is COc1ccc(C(=O)N2CCCC[C@@H]2c2cccc(F)c2)cc1OCCCN. The van der Waals surface area contributed by atoms with Crippen LogP contribution in [0, 0.1) is 5.82 Å². The first-order valence-electron chi connectivity index (χ1n) is 9.71. The fraction of sp³-hybridized carbons (Fsp3) is 0.409. The summed E-state index contributed by atoms with van der Waals surface area (Å²) in [5, 5.41) is 0. The van der Waals surface area contributed by atoms with Crippen molar-refractivity contribution in [3.8, 4) is 11.5 Å². The maximum Gasteiger partial charge on any atom is 0.254 e. The molecule has 0 bridgehead atoms. The van der Waals surface area contributed by atoms with Crippen LogP contribution in [0.1, 0.15) is 47.6 Å². The van der Waals surface area contributed by atoms with Gasteiger partial charge in [0.15, 0.2) is 11.5 Å². The van der Waals surface area contributed by atoms with Gasteiger partial charge in [-0.25, -0.2) is 4.39 Å². The van der Waals surface area contributed by atoms with Gasteiger partial charge in [-0.3, -0.25) is 4.79 Å². The molecule has 1 aliphatic heterocycles. The number of nitrogens with zero attached hydrogens (tertiary/aromatic N) is 1. The Morgan fingerprint density at radius 2 is 2.07 bits per heavy atom. The Morgan fingerprint density at radius 3 is 2.82 bits per heavy atom. The van der Waals surface area contributed by atoms with Crippen LogP contribution in [0.2, 0.25) is 0 Å². The Bertz CT molecular complexity index is 812. The molecule has 1 aliphatic rings. The number of ether oxygens (including phenoxy) is 2. The van der Waals surface area contributed by atoms with Crippen molar-refractivity contribution in [2.24, 2.45) is 5.73 Å². The molecule has 1 fully saturated rings. The van der Waals surface area contributed by atoms with Crippen LogP contribution in [0.4, 0.5) is 4.39 Å². The number of carbonyl (C=O) groups is 1. The summed E-state index contributed by atoms with van der Waals surface area (Å²) in [4.78, 5) is 15.1. The normalized spacial score (nSPS) is 16.7. The number of rotatable bonds is 7. The first-order chi connectivity index (χ1) is 13.6. The average molecular weight is 386 g/mol. The maximum absolute atomic E-state index is 13.7. The highest BCUT2D eigenvalue weighted by atomic mass is 19.1. The number of carbonyl (C=O) groups excluding carboxylic acids is 1. The molecule has 0 radical (unpaired) electrons. The fourth-order valence-electron chi connectivity index (χ4n) is 3.59. The van der Waals surface area contributed by atoms with Gasteiger partial charge >= 0.3 is 0 Å². The lowest BCUT2D eigenvalue weighted by Gasteiger charge is -2.36. The van der Waals surface area contributed by atoms with E-state index in [1.54, 1.807) is 31.4 Å². The predicted molar refractivity (Wildman–Crippen MR) is 106 cm³/mol. The zero-order valence-corrected chi connectivity index (χ0v) is 16.2. The number of benzene rings is 2. The monoisotopic (exact) mass is 386 g/mol. The third kappa shape index (κ3) is 4.62. The van der Waals surface area contributed by atoms with Gasteiger partial charge in [-0.15, -0.1) is 0 Å². The number of hydrogen-bond donors (Lipinski definition) is 1. The van der Waals surface area contributed by atoms with Crippen LogP contribution >= 0.6 is 0 Å². The van der Waals surface area contributed by atoms with Gasteiger partial charge in [0.25, 0.3) is 5.91 Å². The van der Waals surface area contributed by atoms with Crippen LogP contribution in [0.3, 0.4) is 0 Å². The number of likely N-dealkylation sites (tertiary alicyclic amines) is 1. The zero-order chi connectivity index (χ0) is 19.9. The largest absolute Gasteiger partial charge is 0.493 e. The molecule has 2 aromatic rings. The molecule has 1 atom stereocenters. The summed E-state index contributed by atoms with van der Waals surface area (Å²) in [5.41, 5.74) is 6.89. The molecule has 1 heterocycles. The van der Waals surface area contributed by atoms with Gasteiger partial charge in [0.2, 0.25) is 0 Å². The molecule has 0 aliphatic carbocycles. The summed E-state index contributed by atoms with van der Waals surface area (Å²) in [5.74, 6) is 0.741. The van der Waals surface area contributed by atoms with Crippen molar-refractivity contribution in [1.82, 2.24) is 4.90 Å². The van der Waals surface area contributed by atoms with E-state index in [4.69, 9.17) is 15.2 Å². The number of nitrogens with two attached hydrogens (primary N) is 1. The summed E-state index contributed by atoms with van der Waals surface area (Å²) >= 11 is 0. The lowest BCUT2D eigenvalue weighted by molar-refractivity contribution is 0.0610. The van der Waals surface area contributed by atoms with E-state index < -0.39 is 0 Å². The molecule has 0 saturated carbocycles. The third-order valence-electron chi connectivity index (χ3n) is 5.01. The first kappa shape index (κ1) is 20.1. The summed E-state index contributed by atoms with van der Waals surface area (Å²) < 4.78 is 24.8. The molecular weight excluding hydrogens is 359 g/mol. The van der Waals surface area contributed by atoms with Crippen LogP contribution < -0.4 is 15.2 Å². The molecule has 0 unspecified atom stereocenters. The van der Waals surface area contributed by atoms with Gasteiger partial charge in [0.1, 0.15) is 5.82 Å². The maximum atomic E-state index is 13.7. The van der Waals surface area contributed by atoms with E-state index in [-0.39, 0.29) is 17.8 Å². The quantitative estimate of drug-likeness (QED) is 0.733. The molecule has 6 heteroatoms. The molecule has 5 nitrogen and oxygen atoms in total. The Balaban J connectivity index is 1.85. The van der Waals surface area contributed by atoms with E-state index in [1.165, 1.54) is 12.1 Å². The van der Waals surface area contributed by atoms with Crippen molar-refractivity contribution in [2.75, 3.05) is 26.8 Å². The average Bonchev–Trinajstić information content (AvgIpc) is 2.73. The highest BCUT2D eigenvalue weighted by Crippen LogP contribution is 2.34. The first-order valence-corrected chi connectivity index (χ1v) is 9.71. The Morgan fingerprint density at radius 1 is 1.21 bits per heavy atom. The van der Waals surface area contributed by atoms with E-state index in [0.29, 0.717) is 36.8 Å². The van der Waals surface area contributed by atoms with Crippen molar-refractivity contribution in [3.63, 3.8) is 0 Å². The number of hydrogen-bond acceptors (Lipinski definition) is 4. The summed E-state index contributed by atoms with van der Waals surface area (Å²) in [6.07, 6.45) is 3.49. The van der Waals surface area contributed by atoms with Gasteiger partial charge in [0.05, 0.1) is 19.8 Å². The van der Waals surface area contributed by atoms with Gasteiger partial charge < -0.3 is 20.1 Å². The standard InChI is InChI=1S/C22H27FN2O3/c1-27-20-10-9-17(15-21(20)28-13-5-11-24)22(26)25-12-3-2-8-19(25)16-6-4-7-18(23)14-16/h4,6-7,9-10,14-15,19H,2-3,5,8,11-13,24H2,1H3/t19-/m1/s1. The molecule has 0 spiro atoms. The van der Waals surface area contributed by atoms with Crippen molar-refractivity contribution in [2.45, 2.75) is 31.7 Å². The number of amides is 1. The Hall–Kier alpha value is -2.60. The van der Waals surface area contributed by atoms with Crippen LogP contribution in [0.5, 0.6) is 11.5 Å². The van der Waals surface area contributed by atoms with Crippen molar-refractivity contribution < 1.29 is 18.7 Å². The van der Waals surface area contributed by atoms with E-state index in [1.807, 2.05) is 11.0 Å². The van der Waals surface area contributed by atoms with Gasteiger partial charge in [-0.05, 0) is 68.1 Å². The van der Waals surface area contributed by atoms with E-state index in [2.05, 4.69) is 0 Å². The smallest absolute Gasteiger partial charge is 0.254 e. The van der Waals surface area contributed by atoms with Crippen LogP contribution in [0.15, 0.2) is 42.5 Å². The Labute approximate surface area is 165 Å². The number of methoxy groups -OCH3 is 1. The molecule has 150 valence electrons. The molecule has 0 aromatic heterocycles.